The maximum Gasteiger partial charge on any atom is 0.321 e. The molecule has 162 valence electrons. The number of nitrogens with zero attached hydrogens (tertiary/aromatic N) is 3. The summed E-state index contributed by atoms with van der Waals surface area (Å²) < 4.78 is 29.0. The minimum atomic E-state index is -3.48. The van der Waals surface area contributed by atoms with Gasteiger partial charge in [0.15, 0.2) is 0 Å². The van der Waals surface area contributed by atoms with Crippen molar-refractivity contribution >= 4 is 21.9 Å². The predicted molar refractivity (Wildman–Crippen MR) is 116 cm³/mol. The number of amides is 2. The van der Waals surface area contributed by atoms with Crippen molar-refractivity contribution in [3.63, 3.8) is 0 Å². The zero-order chi connectivity index (χ0) is 21.0. The molecule has 1 saturated heterocycles. The van der Waals surface area contributed by atoms with Crippen LogP contribution in [0.25, 0.3) is 0 Å². The molecule has 1 aromatic carbocycles. The Morgan fingerprint density at radius 1 is 1.10 bits per heavy atom. The molecule has 1 aliphatic carbocycles. The molecule has 7 nitrogen and oxygen atoms in total. The minimum Gasteiger partial charge on any atom is -0.322 e. The van der Waals surface area contributed by atoms with E-state index in [4.69, 9.17) is 0 Å². The molecule has 1 heterocycles. The predicted octanol–water partition coefficient (Wildman–Crippen LogP) is 3.47. The van der Waals surface area contributed by atoms with Gasteiger partial charge in [-0.3, -0.25) is 0 Å². The van der Waals surface area contributed by atoms with E-state index in [0.29, 0.717) is 32.1 Å². The molecule has 0 atom stereocenters. The van der Waals surface area contributed by atoms with E-state index >= 15 is 0 Å². The van der Waals surface area contributed by atoms with Crippen LogP contribution >= 0.6 is 0 Å². The second-order valence-electron chi connectivity index (χ2n) is 8.41. The molecule has 29 heavy (non-hydrogen) atoms. The minimum absolute atomic E-state index is 0.100. The van der Waals surface area contributed by atoms with Gasteiger partial charge in [0.1, 0.15) is 0 Å². The van der Waals surface area contributed by atoms with Crippen molar-refractivity contribution < 1.29 is 13.2 Å². The van der Waals surface area contributed by atoms with E-state index in [1.165, 1.54) is 16.3 Å². The first-order chi connectivity index (χ1) is 13.8. The van der Waals surface area contributed by atoms with Gasteiger partial charge in [0.2, 0.25) is 0 Å². The molecule has 0 radical (unpaired) electrons. The Kier molecular flexibility index (Phi) is 7.19. The van der Waals surface area contributed by atoms with E-state index in [9.17, 15) is 13.2 Å². The van der Waals surface area contributed by atoms with Crippen molar-refractivity contribution in [3.05, 3.63) is 29.8 Å². The maximum atomic E-state index is 13.0. The van der Waals surface area contributed by atoms with Crippen LogP contribution in [0.3, 0.4) is 0 Å². The summed E-state index contributed by atoms with van der Waals surface area (Å²) in [5, 5.41) is 2.94. The van der Waals surface area contributed by atoms with Crippen LogP contribution in [0.5, 0.6) is 0 Å². The number of carbonyl (C=O) groups excluding carboxylic acids is 1. The van der Waals surface area contributed by atoms with E-state index in [2.05, 4.69) is 19.2 Å². The average molecular weight is 423 g/mol. The Morgan fingerprint density at radius 3 is 2.38 bits per heavy atom. The number of benzene rings is 1. The molecule has 1 aliphatic heterocycles. The van der Waals surface area contributed by atoms with Crippen molar-refractivity contribution in [2.45, 2.75) is 57.9 Å². The van der Waals surface area contributed by atoms with Crippen molar-refractivity contribution in [2.24, 2.45) is 0 Å². The fraction of sp³-hybridized carbons (Fsp3) is 0.667. The molecule has 8 heteroatoms. The number of hydrogen-bond donors (Lipinski definition) is 1. The number of nitrogens with one attached hydrogen (secondary N) is 1. The van der Waals surface area contributed by atoms with Crippen LogP contribution in [0.15, 0.2) is 24.3 Å². The molecule has 2 aliphatic rings. The topological polar surface area (TPSA) is 73.0 Å². The molecule has 1 saturated carbocycles. The lowest BCUT2D eigenvalue weighted by Gasteiger charge is -2.38. The summed E-state index contributed by atoms with van der Waals surface area (Å²) in [6.07, 6.45) is 5.26. The fourth-order valence-electron chi connectivity index (χ4n) is 4.12. The van der Waals surface area contributed by atoms with Gasteiger partial charge in [0.25, 0.3) is 10.2 Å². The van der Waals surface area contributed by atoms with E-state index in [0.717, 1.165) is 31.4 Å². The lowest BCUT2D eigenvalue weighted by molar-refractivity contribution is 0.178. The first-order valence-corrected chi connectivity index (χ1v) is 12.1. The highest BCUT2D eigenvalue weighted by Gasteiger charge is 2.35. The van der Waals surface area contributed by atoms with Gasteiger partial charge in [-0.15, -0.1) is 0 Å². The summed E-state index contributed by atoms with van der Waals surface area (Å²) in [4.78, 5) is 14.3. The summed E-state index contributed by atoms with van der Waals surface area (Å²) in [5.41, 5.74) is 1.94. The van der Waals surface area contributed by atoms with Crippen molar-refractivity contribution in [1.82, 2.24) is 13.5 Å². The van der Waals surface area contributed by atoms with Gasteiger partial charge < -0.3 is 10.2 Å². The lowest BCUT2D eigenvalue weighted by Crippen LogP contribution is -2.55. The van der Waals surface area contributed by atoms with Gasteiger partial charge in [-0.1, -0.05) is 45.2 Å². The SMILES string of the molecule is CC(C)c1cccc(NC(=O)N2CCN(S(=O)(=O)N(C)C3CCCCC3)CC2)c1. The zero-order valence-electron chi connectivity index (χ0n) is 17.8. The van der Waals surface area contributed by atoms with E-state index in [1.807, 2.05) is 24.3 Å². The van der Waals surface area contributed by atoms with E-state index in [1.54, 1.807) is 16.3 Å². The maximum absolute atomic E-state index is 13.0. The third kappa shape index (κ3) is 5.29. The molecule has 1 N–H and O–H groups in total. The summed E-state index contributed by atoms with van der Waals surface area (Å²) in [6.45, 7) is 5.69. The molecule has 1 aromatic rings. The fourth-order valence-corrected chi connectivity index (χ4v) is 5.69. The van der Waals surface area contributed by atoms with Crippen LogP contribution in [0.4, 0.5) is 10.5 Å². The molecular formula is C21H34N4O3S. The molecular weight excluding hydrogens is 388 g/mol. The Hall–Kier alpha value is -1.64. The van der Waals surface area contributed by atoms with Crippen molar-refractivity contribution in [2.75, 3.05) is 38.5 Å². The summed E-state index contributed by atoms with van der Waals surface area (Å²) >= 11 is 0. The molecule has 0 bridgehead atoms. The second-order valence-corrected chi connectivity index (χ2v) is 10.4. The molecule has 0 unspecified atom stereocenters. The monoisotopic (exact) mass is 422 g/mol. The van der Waals surface area contributed by atoms with Crippen LogP contribution in [-0.2, 0) is 10.2 Å². The number of carbonyl (C=O) groups is 1. The Labute approximate surface area is 175 Å². The Bertz CT molecular complexity index is 798. The van der Waals surface area contributed by atoms with Gasteiger partial charge in [0, 0.05) is 45.0 Å². The Balaban J connectivity index is 1.55. The van der Waals surface area contributed by atoms with Crippen molar-refractivity contribution in [3.8, 4) is 0 Å². The zero-order valence-corrected chi connectivity index (χ0v) is 18.6. The number of piperazine rings is 1. The van der Waals surface area contributed by atoms with E-state index in [-0.39, 0.29) is 12.1 Å². The molecule has 2 amide bonds. The van der Waals surface area contributed by atoms with Gasteiger partial charge in [-0.05, 0) is 36.5 Å². The van der Waals surface area contributed by atoms with Gasteiger partial charge in [-0.25, -0.2) is 4.79 Å². The average Bonchev–Trinajstić information content (AvgIpc) is 2.74. The standard InChI is InChI=1S/C21H34N4O3S/c1-17(2)18-8-7-9-19(16-18)22-21(26)24-12-14-25(15-13-24)29(27,28)23(3)20-10-5-4-6-11-20/h7-9,16-17,20H,4-6,10-15H2,1-3H3,(H,22,26). The van der Waals surface area contributed by atoms with Gasteiger partial charge in [-0.2, -0.15) is 17.0 Å². The molecule has 0 aromatic heterocycles. The van der Waals surface area contributed by atoms with Crippen LogP contribution in [0.2, 0.25) is 0 Å². The smallest absolute Gasteiger partial charge is 0.321 e. The Morgan fingerprint density at radius 2 is 1.76 bits per heavy atom. The summed E-state index contributed by atoms with van der Waals surface area (Å²) in [6, 6.07) is 7.78. The van der Waals surface area contributed by atoms with Crippen LogP contribution < -0.4 is 5.32 Å². The highest BCUT2D eigenvalue weighted by molar-refractivity contribution is 7.86. The molecule has 0 spiro atoms. The van der Waals surface area contributed by atoms with Crippen LogP contribution in [-0.4, -0.2) is 67.2 Å². The number of hydrogen-bond acceptors (Lipinski definition) is 3. The van der Waals surface area contributed by atoms with E-state index < -0.39 is 10.2 Å². The second kappa shape index (κ2) is 9.45. The number of urea groups is 1. The van der Waals surface area contributed by atoms with Gasteiger partial charge >= 0.3 is 6.03 Å². The number of anilines is 1. The highest BCUT2D eigenvalue weighted by Crippen LogP contribution is 2.25. The largest absolute Gasteiger partial charge is 0.322 e. The molecule has 2 fully saturated rings. The normalized spacial score (nSPS) is 19.7. The summed E-state index contributed by atoms with van der Waals surface area (Å²) in [5.74, 6) is 0.391. The third-order valence-corrected chi connectivity index (χ3v) is 8.15. The third-order valence-electron chi connectivity index (χ3n) is 6.11. The number of rotatable bonds is 5. The lowest BCUT2D eigenvalue weighted by atomic mass is 9.96. The summed E-state index contributed by atoms with van der Waals surface area (Å²) in [7, 11) is -1.78. The van der Waals surface area contributed by atoms with Crippen LogP contribution in [0.1, 0.15) is 57.4 Å². The quantitative estimate of drug-likeness (QED) is 0.790. The highest BCUT2D eigenvalue weighted by atomic mass is 32.2. The van der Waals surface area contributed by atoms with Crippen molar-refractivity contribution in [1.29, 1.82) is 0 Å². The van der Waals surface area contributed by atoms with Crippen LogP contribution in [0, 0.1) is 0 Å². The van der Waals surface area contributed by atoms with Gasteiger partial charge in [0.05, 0.1) is 0 Å². The first kappa shape index (κ1) is 22.1. The molecule has 3 rings (SSSR count). The first-order valence-electron chi connectivity index (χ1n) is 10.7.